The molecule has 3 N–H and O–H groups in total. The van der Waals surface area contributed by atoms with Gasteiger partial charge in [0.2, 0.25) is 0 Å². The van der Waals surface area contributed by atoms with Gasteiger partial charge in [-0.1, -0.05) is 30.3 Å². The molecule has 2 aliphatic rings. The zero-order chi connectivity index (χ0) is 20.8. The Morgan fingerprint density at radius 1 is 1.28 bits per heavy atom. The minimum absolute atomic E-state index is 0.118. The van der Waals surface area contributed by atoms with Crippen molar-refractivity contribution < 1.29 is 27.2 Å². The molecule has 0 spiro atoms. The van der Waals surface area contributed by atoms with Gasteiger partial charge in [-0.05, 0) is 12.5 Å². The average molecular weight is 407 g/mol. The highest BCUT2D eigenvalue weighted by molar-refractivity contribution is 6.22. The van der Waals surface area contributed by atoms with Gasteiger partial charge >= 0.3 is 12.2 Å². The van der Waals surface area contributed by atoms with Crippen molar-refractivity contribution in [1.82, 2.24) is 20.7 Å². The van der Waals surface area contributed by atoms with E-state index in [0.717, 1.165) is 11.2 Å². The smallest absolute Gasteiger partial charge is 0.406 e. The molecule has 1 fully saturated rings. The van der Waals surface area contributed by atoms with E-state index < -0.39 is 36.1 Å². The molecule has 29 heavy (non-hydrogen) atoms. The Morgan fingerprint density at radius 3 is 2.62 bits per heavy atom. The van der Waals surface area contributed by atoms with Crippen LogP contribution in [0.3, 0.4) is 0 Å². The Balaban J connectivity index is 1.61. The lowest BCUT2D eigenvalue weighted by atomic mass is 9.89. The molecule has 152 valence electrons. The summed E-state index contributed by atoms with van der Waals surface area (Å²) in [4.78, 5) is 29.0. The van der Waals surface area contributed by atoms with Gasteiger partial charge in [0.1, 0.15) is 23.5 Å². The lowest BCUT2D eigenvalue weighted by Gasteiger charge is -2.31. The summed E-state index contributed by atoms with van der Waals surface area (Å²) in [6.07, 6.45) is -3.14. The Hall–Kier alpha value is -3.34. The number of rotatable bonds is 3. The first kappa shape index (κ1) is 19.0. The van der Waals surface area contributed by atoms with Gasteiger partial charge in [0.05, 0.1) is 12.1 Å². The number of aryl methyl sites for hydroxylation is 1. The molecule has 1 aromatic carbocycles. The predicted octanol–water partition coefficient (Wildman–Crippen LogP) is 1.80. The second-order valence-electron chi connectivity index (χ2n) is 6.66. The highest BCUT2D eigenvalue weighted by atomic mass is 19.4. The molecule has 3 atom stereocenters. The maximum atomic E-state index is 13.7. The number of halogens is 3. The highest BCUT2D eigenvalue weighted by Gasteiger charge is 2.57. The van der Waals surface area contributed by atoms with E-state index >= 15 is 0 Å². The first-order valence-corrected chi connectivity index (χ1v) is 8.67. The Kier molecular flexibility index (Phi) is 4.53. The van der Waals surface area contributed by atoms with E-state index in [4.69, 9.17) is 4.42 Å². The molecule has 1 saturated heterocycles. The minimum Gasteiger partial charge on any atom is -0.429 e. The van der Waals surface area contributed by atoms with Crippen LogP contribution >= 0.6 is 0 Å². The number of anilines is 1. The molecule has 11 heteroatoms. The molecule has 0 bridgehead atoms. The van der Waals surface area contributed by atoms with E-state index in [-0.39, 0.29) is 11.6 Å². The summed E-state index contributed by atoms with van der Waals surface area (Å²) < 4.78 is 46.1. The summed E-state index contributed by atoms with van der Waals surface area (Å²) >= 11 is 0. The zero-order valence-corrected chi connectivity index (χ0v) is 15.0. The Labute approximate surface area is 162 Å². The number of carbonyl (C=O) groups excluding carboxylic acids is 2. The van der Waals surface area contributed by atoms with Crippen LogP contribution in [0.4, 0.5) is 19.2 Å². The second kappa shape index (κ2) is 6.92. The van der Waals surface area contributed by atoms with Crippen LogP contribution in [0.25, 0.3) is 0 Å². The molecule has 2 aromatic rings. The molecule has 0 saturated carbocycles. The fourth-order valence-electron chi connectivity index (χ4n) is 3.44. The van der Waals surface area contributed by atoms with E-state index in [2.05, 4.69) is 21.0 Å². The number of nitrogens with one attached hydrogen (secondary N) is 3. The summed E-state index contributed by atoms with van der Waals surface area (Å²) in [6.45, 7) is 1.62. The van der Waals surface area contributed by atoms with Crippen LogP contribution in [0.15, 0.2) is 52.7 Å². The Bertz CT molecular complexity index is 973. The fraction of sp³-hybridized carbons (Fsp3) is 0.278. The van der Waals surface area contributed by atoms with Gasteiger partial charge in [-0.15, -0.1) is 0 Å². The molecule has 3 unspecified atom stereocenters. The maximum Gasteiger partial charge on any atom is 0.406 e. The number of hydrazine groups is 1. The van der Waals surface area contributed by atoms with Crippen molar-refractivity contribution in [3.63, 3.8) is 0 Å². The van der Waals surface area contributed by atoms with Crippen LogP contribution in [0.2, 0.25) is 0 Å². The molecule has 2 amide bonds. The largest absolute Gasteiger partial charge is 0.429 e. The summed E-state index contributed by atoms with van der Waals surface area (Å²) in [5.41, 5.74) is 2.25. The van der Waals surface area contributed by atoms with Gasteiger partial charge in [0.15, 0.2) is 0 Å². The normalized spacial score (nSPS) is 24.0. The van der Waals surface area contributed by atoms with Crippen molar-refractivity contribution in [3.05, 3.63) is 59.6 Å². The number of carbonyl (C=O) groups is 2. The van der Waals surface area contributed by atoms with E-state index in [1.807, 2.05) is 0 Å². The second-order valence-corrected chi connectivity index (χ2v) is 6.66. The van der Waals surface area contributed by atoms with Crippen LogP contribution in [0.1, 0.15) is 17.2 Å². The molecule has 3 heterocycles. The summed E-state index contributed by atoms with van der Waals surface area (Å²) in [7, 11) is 0. The van der Waals surface area contributed by atoms with Crippen LogP contribution in [-0.2, 0) is 9.59 Å². The predicted molar refractivity (Wildman–Crippen MR) is 93.9 cm³/mol. The number of hydrogen-bond acceptors (Lipinski definition) is 6. The number of benzene rings is 1. The van der Waals surface area contributed by atoms with Gasteiger partial charge in [0.25, 0.3) is 11.8 Å². The molecular formula is C18H16F3N5O3. The van der Waals surface area contributed by atoms with Gasteiger partial charge in [0, 0.05) is 6.20 Å². The van der Waals surface area contributed by atoms with Crippen molar-refractivity contribution >= 4 is 17.8 Å². The monoisotopic (exact) mass is 407 g/mol. The topological polar surface area (TPSA) is 99.5 Å². The summed E-state index contributed by atoms with van der Waals surface area (Å²) in [5, 5.41) is 5.87. The molecule has 8 nitrogen and oxygen atoms in total. The number of fused-ring (bicyclic) bond motifs is 1. The molecule has 4 rings (SSSR count). The standard InChI is InChI=1S/C18H16F3N5O3/c1-9-7-23-17(29-9)24-15(27)11-8-22-14-12(10-5-3-2-4-6-10)13(18(19,20)21)25-26(14)16(11)28/h2-8,12-14,22,25H,1H3,(H,23,24,27). The van der Waals surface area contributed by atoms with Crippen LogP contribution in [-0.4, -0.2) is 40.2 Å². The number of amides is 2. The first-order chi connectivity index (χ1) is 13.8. The van der Waals surface area contributed by atoms with Gasteiger partial charge in [-0.2, -0.15) is 13.2 Å². The SMILES string of the molecule is Cc1cnc(NC(=O)C2=CNC3C(c4ccccc4)C(C(F)(F)F)NN3C2=O)o1. The highest BCUT2D eigenvalue weighted by Crippen LogP contribution is 2.40. The Morgan fingerprint density at radius 2 is 2.00 bits per heavy atom. The van der Waals surface area contributed by atoms with Gasteiger partial charge in [-0.3, -0.25) is 14.9 Å². The van der Waals surface area contributed by atoms with E-state index in [9.17, 15) is 22.8 Å². The van der Waals surface area contributed by atoms with E-state index in [0.29, 0.717) is 11.3 Å². The number of alkyl halides is 3. The molecule has 2 aliphatic heterocycles. The number of aromatic nitrogens is 1. The number of hydrogen-bond donors (Lipinski definition) is 3. The lowest BCUT2D eigenvalue weighted by Crippen LogP contribution is -2.54. The van der Waals surface area contributed by atoms with E-state index in [1.165, 1.54) is 6.20 Å². The zero-order valence-electron chi connectivity index (χ0n) is 15.0. The van der Waals surface area contributed by atoms with Crippen molar-refractivity contribution in [2.75, 3.05) is 5.32 Å². The lowest BCUT2D eigenvalue weighted by molar-refractivity contribution is -0.161. The van der Waals surface area contributed by atoms with Crippen molar-refractivity contribution in [3.8, 4) is 0 Å². The number of oxazole rings is 1. The van der Waals surface area contributed by atoms with Crippen molar-refractivity contribution in [2.45, 2.75) is 31.2 Å². The molecule has 0 aliphatic carbocycles. The van der Waals surface area contributed by atoms with E-state index in [1.54, 1.807) is 37.3 Å². The summed E-state index contributed by atoms with van der Waals surface area (Å²) in [5.74, 6) is -2.39. The van der Waals surface area contributed by atoms with Gasteiger partial charge < -0.3 is 9.73 Å². The molecule has 0 radical (unpaired) electrons. The van der Waals surface area contributed by atoms with Crippen molar-refractivity contribution in [1.29, 1.82) is 0 Å². The maximum absolute atomic E-state index is 13.7. The minimum atomic E-state index is -4.61. The molecular weight excluding hydrogens is 391 g/mol. The first-order valence-electron chi connectivity index (χ1n) is 8.67. The average Bonchev–Trinajstić information content (AvgIpc) is 3.26. The molecule has 1 aromatic heterocycles. The third kappa shape index (κ3) is 3.44. The fourth-order valence-corrected chi connectivity index (χ4v) is 3.44. The van der Waals surface area contributed by atoms with Gasteiger partial charge in [-0.25, -0.2) is 15.4 Å². The third-order valence-corrected chi connectivity index (χ3v) is 4.73. The van der Waals surface area contributed by atoms with Crippen LogP contribution in [0, 0.1) is 6.92 Å². The summed E-state index contributed by atoms with van der Waals surface area (Å²) in [6, 6.07) is 5.96. The van der Waals surface area contributed by atoms with Crippen LogP contribution in [0.5, 0.6) is 0 Å². The number of nitrogens with zero attached hydrogens (tertiary/aromatic N) is 2. The van der Waals surface area contributed by atoms with Crippen LogP contribution < -0.4 is 16.1 Å². The van der Waals surface area contributed by atoms with Crippen molar-refractivity contribution in [2.24, 2.45) is 0 Å². The third-order valence-electron chi connectivity index (χ3n) is 4.73. The quantitative estimate of drug-likeness (QED) is 0.671.